The summed E-state index contributed by atoms with van der Waals surface area (Å²) in [7, 11) is 0. The van der Waals surface area contributed by atoms with Gasteiger partial charge < -0.3 is 14.4 Å². The lowest BCUT2D eigenvalue weighted by molar-refractivity contribution is -0.171. The highest BCUT2D eigenvalue weighted by Gasteiger charge is 2.37. The predicted molar refractivity (Wildman–Crippen MR) is 156 cm³/mol. The number of pyridine rings is 2. The summed E-state index contributed by atoms with van der Waals surface area (Å²) in [6, 6.07) is 3.09. The fourth-order valence-corrected chi connectivity index (χ4v) is 4.97. The normalized spacial score (nSPS) is 16.8. The fourth-order valence-electron chi connectivity index (χ4n) is 4.97. The smallest absolute Gasteiger partial charge is 0.340 e. The molecule has 0 N–H and O–H groups in total. The third-order valence-electron chi connectivity index (χ3n) is 7.33. The molecule has 8 heteroatoms. The number of unbranched alkanes of at least 4 members (excludes halogenated alkanes) is 1. The molecule has 1 saturated heterocycles. The summed E-state index contributed by atoms with van der Waals surface area (Å²) in [5, 5.41) is 0. The van der Waals surface area contributed by atoms with Crippen molar-refractivity contribution in [3.05, 3.63) is 41.3 Å². The first-order chi connectivity index (χ1) is 18.5. The van der Waals surface area contributed by atoms with Gasteiger partial charge in [-0.2, -0.15) is 0 Å². The Morgan fingerprint density at radius 1 is 1.10 bits per heavy atom. The van der Waals surface area contributed by atoms with Crippen LogP contribution in [0.2, 0.25) is 0 Å². The number of halogens is 2. The fraction of sp³-hybridized carbons (Fsp3) is 0.656. The van der Waals surface area contributed by atoms with Gasteiger partial charge in [-0.1, -0.05) is 27.2 Å². The Kier molecular flexibility index (Phi) is 9.97. The van der Waals surface area contributed by atoms with Crippen molar-refractivity contribution in [3.8, 4) is 11.3 Å². The number of hydrogen-bond donors (Lipinski definition) is 0. The Hall–Kier alpha value is -2.61. The van der Waals surface area contributed by atoms with Crippen molar-refractivity contribution >= 4 is 11.7 Å². The van der Waals surface area contributed by atoms with E-state index >= 15 is 0 Å². The number of hydrogen-bond acceptors (Lipinski definition) is 6. The van der Waals surface area contributed by atoms with Gasteiger partial charge in [-0.15, -0.1) is 0 Å². The van der Waals surface area contributed by atoms with Crippen molar-refractivity contribution in [2.24, 2.45) is 5.41 Å². The van der Waals surface area contributed by atoms with Crippen molar-refractivity contribution in [1.82, 2.24) is 9.97 Å². The molecule has 1 aliphatic rings. The number of nitrogens with zero attached hydrogens (tertiary/aromatic N) is 3. The maximum absolute atomic E-state index is 14.8. The SMILES string of the molecule is CCCCC(F)(F)c1ccc(-c2cnc(C)c([C@H](OC(C)(C)C)C(=O)OC(C)C)c2N2CCC(C)(C)CC2)nc1. The maximum atomic E-state index is 14.8. The Morgan fingerprint density at radius 2 is 1.75 bits per heavy atom. The molecule has 2 aromatic rings. The van der Waals surface area contributed by atoms with E-state index in [4.69, 9.17) is 9.47 Å². The number of esters is 1. The summed E-state index contributed by atoms with van der Waals surface area (Å²) in [6.45, 7) is 19.1. The first-order valence-corrected chi connectivity index (χ1v) is 14.5. The van der Waals surface area contributed by atoms with Crippen molar-refractivity contribution in [2.75, 3.05) is 18.0 Å². The molecule has 3 heterocycles. The van der Waals surface area contributed by atoms with Crippen molar-refractivity contribution < 1.29 is 23.0 Å². The van der Waals surface area contributed by atoms with E-state index in [-0.39, 0.29) is 23.5 Å². The van der Waals surface area contributed by atoms with E-state index < -0.39 is 23.6 Å². The molecule has 0 saturated carbocycles. The van der Waals surface area contributed by atoms with E-state index in [1.165, 1.54) is 12.3 Å². The molecule has 3 rings (SSSR count). The third kappa shape index (κ3) is 7.99. The summed E-state index contributed by atoms with van der Waals surface area (Å²) in [5.41, 5.74) is 2.75. The van der Waals surface area contributed by atoms with E-state index in [1.807, 2.05) is 48.5 Å². The van der Waals surface area contributed by atoms with Gasteiger partial charge in [0.25, 0.3) is 5.92 Å². The van der Waals surface area contributed by atoms with Gasteiger partial charge in [0.15, 0.2) is 6.10 Å². The van der Waals surface area contributed by atoms with Crippen LogP contribution < -0.4 is 4.90 Å². The molecule has 6 nitrogen and oxygen atoms in total. The second kappa shape index (κ2) is 12.5. The van der Waals surface area contributed by atoms with Gasteiger partial charge in [0.05, 0.1) is 23.1 Å². The number of carbonyl (C=O) groups excluding carboxylic acids is 1. The number of alkyl halides is 2. The zero-order valence-electron chi connectivity index (χ0n) is 25.7. The van der Waals surface area contributed by atoms with E-state index in [0.717, 1.165) is 31.6 Å². The Bertz CT molecular complexity index is 1150. The Labute approximate surface area is 238 Å². The minimum absolute atomic E-state index is 0.0966. The molecule has 0 bridgehead atoms. The monoisotopic (exact) mass is 559 g/mol. The van der Waals surface area contributed by atoms with Crippen molar-refractivity contribution in [2.45, 2.75) is 118 Å². The maximum Gasteiger partial charge on any atom is 0.340 e. The molecule has 1 atom stereocenters. The number of carbonyl (C=O) groups is 1. The van der Waals surface area contributed by atoms with Crippen LogP contribution >= 0.6 is 0 Å². The van der Waals surface area contributed by atoms with Crippen molar-refractivity contribution in [1.29, 1.82) is 0 Å². The van der Waals surface area contributed by atoms with E-state index in [1.54, 1.807) is 12.3 Å². The standard InChI is InChI=1S/C32H47F2N3O3/c1-10-11-14-32(33,34)23-12-13-25(36-19-23)24-20-35-22(4)26(27(24)37-17-15-31(8,9)16-18-37)28(40-30(5,6)7)29(38)39-21(2)3/h12-13,19-21,28H,10-11,14-18H2,1-9H3/t28-/m0/s1. The summed E-state index contributed by atoms with van der Waals surface area (Å²) in [6.07, 6.45) is 4.52. The molecule has 0 radical (unpaired) electrons. The zero-order chi connectivity index (χ0) is 29.9. The molecular formula is C32H47F2N3O3. The first kappa shape index (κ1) is 31.9. The van der Waals surface area contributed by atoms with Crippen molar-refractivity contribution in [3.63, 3.8) is 0 Å². The van der Waals surface area contributed by atoms with Crippen LogP contribution in [0.25, 0.3) is 11.3 Å². The van der Waals surface area contributed by atoms with Gasteiger partial charge in [0, 0.05) is 54.3 Å². The van der Waals surface area contributed by atoms with E-state index in [2.05, 4.69) is 28.7 Å². The number of piperidine rings is 1. The lowest BCUT2D eigenvalue weighted by Crippen LogP contribution is -2.39. The van der Waals surface area contributed by atoms with Gasteiger partial charge >= 0.3 is 5.97 Å². The quantitative estimate of drug-likeness (QED) is 0.274. The van der Waals surface area contributed by atoms with Crippen LogP contribution in [0.4, 0.5) is 14.5 Å². The third-order valence-corrected chi connectivity index (χ3v) is 7.33. The zero-order valence-corrected chi connectivity index (χ0v) is 25.7. The highest BCUT2D eigenvalue weighted by Crippen LogP contribution is 2.44. The minimum atomic E-state index is -2.94. The van der Waals surface area contributed by atoms with Crippen LogP contribution in [-0.4, -0.2) is 40.7 Å². The molecule has 0 aliphatic carbocycles. The first-order valence-electron chi connectivity index (χ1n) is 14.5. The van der Waals surface area contributed by atoms with Crippen LogP contribution in [-0.2, 0) is 20.2 Å². The van der Waals surface area contributed by atoms with Crippen LogP contribution in [0, 0.1) is 12.3 Å². The molecule has 0 spiro atoms. The number of rotatable bonds is 10. The van der Waals surface area contributed by atoms with Crippen LogP contribution in [0.15, 0.2) is 24.5 Å². The van der Waals surface area contributed by atoms with Crippen LogP contribution in [0.1, 0.15) is 110 Å². The molecule has 1 aliphatic heterocycles. The van der Waals surface area contributed by atoms with Gasteiger partial charge in [-0.25, -0.2) is 13.6 Å². The number of ether oxygens (including phenoxy) is 2. The molecule has 0 unspecified atom stereocenters. The average molecular weight is 560 g/mol. The average Bonchev–Trinajstić information content (AvgIpc) is 2.85. The molecule has 0 amide bonds. The lowest BCUT2D eigenvalue weighted by Gasteiger charge is -2.41. The predicted octanol–water partition coefficient (Wildman–Crippen LogP) is 8.17. The lowest BCUT2D eigenvalue weighted by atomic mass is 9.82. The van der Waals surface area contributed by atoms with E-state index in [0.29, 0.717) is 35.4 Å². The number of anilines is 1. The summed E-state index contributed by atoms with van der Waals surface area (Å²) in [5.74, 6) is -3.42. The Balaban J connectivity index is 2.20. The summed E-state index contributed by atoms with van der Waals surface area (Å²) < 4.78 is 41.6. The number of aryl methyl sites for hydroxylation is 1. The molecule has 40 heavy (non-hydrogen) atoms. The molecule has 2 aromatic heterocycles. The second-order valence-electron chi connectivity index (χ2n) is 13.0. The Morgan fingerprint density at radius 3 is 2.27 bits per heavy atom. The highest BCUT2D eigenvalue weighted by atomic mass is 19.3. The largest absolute Gasteiger partial charge is 0.461 e. The molecular weight excluding hydrogens is 512 g/mol. The van der Waals surface area contributed by atoms with Crippen LogP contribution in [0.5, 0.6) is 0 Å². The van der Waals surface area contributed by atoms with Gasteiger partial charge in [0.1, 0.15) is 0 Å². The summed E-state index contributed by atoms with van der Waals surface area (Å²) >= 11 is 0. The van der Waals surface area contributed by atoms with E-state index in [9.17, 15) is 13.6 Å². The van der Waals surface area contributed by atoms with Crippen LogP contribution in [0.3, 0.4) is 0 Å². The summed E-state index contributed by atoms with van der Waals surface area (Å²) in [4.78, 5) is 24.9. The highest BCUT2D eigenvalue weighted by molar-refractivity contribution is 5.86. The number of aromatic nitrogens is 2. The topological polar surface area (TPSA) is 64.6 Å². The second-order valence-corrected chi connectivity index (χ2v) is 13.0. The molecule has 222 valence electrons. The minimum Gasteiger partial charge on any atom is -0.461 e. The van der Waals surface area contributed by atoms with Gasteiger partial charge in [-0.3, -0.25) is 9.97 Å². The van der Waals surface area contributed by atoms with Gasteiger partial charge in [-0.05, 0) is 78.4 Å². The van der Waals surface area contributed by atoms with Gasteiger partial charge in [0.2, 0.25) is 0 Å². The molecule has 1 fully saturated rings. The molecule has 0 aromatic carbocycles.